The number of ether oxygens (including phenoxy) is 3. The van der Waals surface area contributed by atoms with E-state index in [0.717, 1.165) is 49.5 Å². The molecule has 4 atom stereocenters. The van der Waals surface area contributed by atoms with Gasteiger partial charge in [0.25, 0.3) is 0 Å². The van der Waals surface area contributed by atoms with Gasteiger partial charge >= 0.3 is 0 Å². The highest BCUT2D eigenvalue weighted by Crippen LogP contribution is 2.67. The molecule has 0 amide bonds. The Bertz CT molecular complexity index is 906. The Morgan fingerprint density at radius 2 is 2.10 bits per heavy atom. The summed E-state index contributed by atoms with van der Waals surface area (Å²) in [7, 11) is 5.58. The molecule has 2 heterocycles. The third-order valence-corrected chi connectivity index (χ3v) is 7.69. The Hall–Kier alpha value is -1.98. The number of likely N-dealkylation sites (N-methyl/N-ethyl adjacent to an activating group) is 1. The third-order valence-electron chi connectivity index (χ3n) is 7.69. The fourth-order valence-electron chi connectivity index (χ4n) is 6.39. The molecule has 5 rings (SSSR count). The van der Waals surface area contributed by atoms with Crippen LogP contribution >= 0.6 is 0 Å². The van der Waals surface area contributed by atoms with Crippen molar-refractivity contribution in [1.82, 2.24) is 4.90 Å². The van der Waals surface area contributed by atoms with Crippen LogP contribution in [0.1, 0.15) is 43.7 Å². The molecule has 29 heavy (non-hydrogen) atoms. The molecule has 2 aliphatic carbocycles. The Balaban J connectivity index is 1.82. The van der Waals surface area contributed by atoms with E-state index < -0.39 is 17.1 Å². The second-order valence-electron chi connectivity index (χ2n) is 8.84. The number of aliphatic hydroxyl groups is 1. The predicted octanol–water partition coefficient (Wildman–Crippen LogP) is 3.35. The minimum Gasteiger partial charge on any atom is -0.497 e. The van der Waals surface area contributed by atoms with Gasteiger partial charge in [-0.1, -0.05) is 31.9 Å². The van der Waals surface area contributed by atoms with Crippen molar-refractivity contribution in [2.75, 3.05) is 27.8 Å². The van der Waals surface area contributed by atoms with Gasteiger partial charge in [-0.3, -0.25) is 4.90 Å². The molecule has 1 fully saturated rings. The summed E-state index contributed by atoms with van der Waals surface area (Å²) < 4.78 is 18.5. The van der Waals surface area contributed by atoms with Crippen molar-refractivity contribution in [3.8, 4) is 11.5 Å². The van der Waals surface area contributed by atoms with E-state index in [9.17, 15) is 5.11 Å². The highest BCUT2D eigenvalue weighted by atomic mass is 16.6. The van der Waals surface area contributed by atoms with Gasteiger partial charge in [-0.05, 0) is 56.1 Å². The monoisotopic (exact) mass is 397 g/mol. The summed E-state index contributed by atoms with van der Waals surface area (Å²) in [6.45, 7) is 3.11. The number of unbranched alkanes of at least 4 members (excludes halogenated alkanes) is 1. The second-order valence-corrected chi connectivity index (χ2v) is 8.84. The van der Waals surface area contributed by atoms with Gasteiger partial charge < -0.3 is 19.3 Å². The summed E-state index contributed by atoms with van der Waals surface area (Å²) in [5, 5.41) is 11.7. The lowest BCUT2D eigenvalue weighted by molar-refractivity contribution is -0.0990. The van der Waals surface area contributed by atoms with Gasteiger partial charge in [0.2, 0.25) is 5.60 Å². The van der Waals surface area contributed by atoms with Gasteiger partial charge in [0.15, 0.2) is 11.5 Å². The lowest BCUT2D eigenvalue weighted by atomic mass is 9.51. The number of likely N-dealkylation sites (tertiary alicyclic amines) is 1. The molecule has 1 aromatic carbocycles. The smallest absolute Gasteiger partial charge is 0.204 e. The van der Waals surface area contributed by atoms with E-state index >= 15 is 0 Å². The highest BCUT2D eigenvalue weighted by molar-refractivity contribution is 5.70. The van der Waals surface area contributed by atoms with Crippen LogP contribution in [0.3, 0.4) is 0 Å². The zero-order valence-corrected chi connectivity index (χ0v) is 17.8. The number of piperidine rings is 1. The Labute approximate surface area is 172 Å². The third kappa shape index (κ3) is 2.13. The number of rotatable bonds is 6. The molecule has 156 valence electrons. The average Bonchev–Trinajstić information content (AvgIpc) is 3.06. The summed E-state index contributed by atoms with van der Waals surface area (Å²) in [6, 6.07) is 4.51. The van der Waals surface area contributed by atoms with Crippen LogP contribution in [0.2, 0.25) is 0 Å². The van der Waals surface area contributed by atoms with Crippen molar-refractivity contribution >= 4 is 0 Å². The number of aliphatic hydroxyl groups excluding tert-OH is 1. The van der Waals surface area contributed by atoms with Crippen LogP contribution in [-0.4, -0.2) is 55.6 Å². The molecule has 2 bridgehead atoms. The molecule has 0 unspecified atom stereocenters. The first-order chi connectivity index (χ1) is 14.0. The topological polar surface area (TPSA) is 51.2 Å². The Morgan fingerprint density at radius 1 is 1.28 bits per heavy atom. The summed E-state index contributed by atoms with van der Waals surface area (Å²) in [4.78, 5) is 2.44. The summed E-state index contributed by atoms with van der Waals surface area (Å²) >= 11 is 0. The van der Waals surface area contributed by atoms with E-state index in [1.54, 1.807) is 14.2 Å². The van der Waals surface area contributed by atoms with Crippen molar-refractivity contribution in [3.05, 3.63) is 46.7 Å². The Morgan fingerprint density at radius 3 is 2.83 bits per heavy atom. The van der Waals surface area contributed by atoms with E-state index in [4.69, 9.17) is 14.2 Å². The number of benzene rings is 1. The van der Waals surface area contributed by atoms with Crippen molar-refractivity contribution in [3.63, 3.8) is 0 Å². The van der Waals surface area contributed by atoms with Gasteiger partial charge in [0.05, 0.1) is 19.6 Å². The normalized spacial score (nSPS) is 32.7. The highest BCUT2D eigenvalue weighted by Gasteiger charge is 2.72. The number of methoxy groups -OCH3 is 2. The summed E-state index contributed by atoms with van der Waals surface area (Å²) in [5.41, 5.74) is 2.52. The quantitative estimate of drug-likeness (QED) is 0.798. The van der Waals surface area contributed by atoms with Crippen molar-refractivity contribution in [2.24, 2.45) is 0 Å². The van der Waals surface area contributed by atoms with Crippen LogP contribution in [0.4, 0.5) is 0 Å². The zero-order valence-electron chi connectivity index (χ0n) is 17.8. The van der Waals surface area contributed by atoms with Crippen molar-refractivity contribution < 1.29 is 19.3 Å². The van der Waals surface area contributed by atoms with E-state index in [-0.39, 0.29) is 0 Å². The maximum atomic E-state index is 11.7. The fraction of sp³-hybridized carbons (Fsp3) is 0.583. The van der Waals surface area contributed by atoms with Crippen LogP contribution < -0.4 is 9.47 Å². The second kappa shape index (κ2) is 6.51. The van der Waals surface area contributed by atoms with Gasteiger partial charge in [-0.2, -0.15) is 0 Å². The average molecular weight is 398 g/mol. The molecule has 4 aliphatic rings. The van der Waals surface area contributed by atoms with Gasteiger partial charge in [0, 0.05) is 11.6 Å². The standard InChI is InChI=1S/C24H31NO4/c1-5-6-7-19(26)24-20(28-4)11-9-16-17-14-15-8-10-18(27-3)22(29-24)21(15)23(16,24)12-13-25(17)2/h8-11,17,19,26H,5-7,12-14H2,1-4H3/t17-,19+,23-,24+/m0/s1. The molecule has 1 N–H and O–H groups in total. The molecular weight excluding hydrogens is 366 g/mol. The molecule has 2 aliphatic heterocycles. The molecule has 0 radical (unpaired) electrons. The maximum absolute atomic E-state index is 11.7. The molecule has 1 aromatic rings. The first-order valence-electron chi connectivity index (χ1n) is 10.8. The number of nitrogens with zero attached hydrogens (tertiary/aromatic N) is 1. The van der Waals surface area contributed by atoms with Crippen LogP contribution in [0.5, 0.6) is 11.5 Å². The minimum atomic E-state index is -0.938. The molecule has 5 heteroatoms. The van der Waals surface area contributed by atoms with Crippen LogP contribution in [0.15, 0.2) is 35.6 Å². The van der Waals surface area contributed by atoms with Crippen molar-refractivity contribution in [2.45, 2.75) is 62.2 Å². The van der Waals surface area contributed by atoms with E-state index in [2.05, 4.69) is 31.0 Å². The van der Waals surface area contributed by atoms with E-state index in [0.29, 0.717) is 12.5 Å². The predicted molar refractivity (Wildman–Crippen MR) is 111 cm³/mol. The number of allylic oxidation sites excluding steroid dienone is 2. The molecule has 5 nitrogen and oxygen atoms in total. The first-order valence-corrected chi connectivity index (χ1v) is 10.8. The lowest BCUT2D eigenvalue weighted by Gasteiger charge is -2.58. The molecule has 0 aromatic heterocycles. The molecule has 0 saturated carbocycles. The summed E-state index contributed by atoms with van der Waals surface area (Å²) in [6.07, 6.45) is 8.09. The number of hydrogen-bond donors (Lipinski definition) is 1. The summed E-state index contributed by atoms with van der Waals surface area (Å²) in [5.74, 6) is 2.25. The van der Waals surface area contributed by atoms with Crippen LogP contribution in [0, 0.1) is 0 Å². The van der Waals surface area contributed by atoms with Gasteiger partial charge in [-0.15, -0.1) is 0 Å². The SMILES string of the molecule is CCCC[C@@H](O)[C@]12Oc3c(OC)ccc4c3[C@@]13CCN(C)[C@@H](C4)C3=CC=C2OC. The Kier molecular flexibility index (Phi) is 4.27. The van der Waals surface area contributed by atoms with Gasteiger partial charge in [0.1, 0.15) is 11.9 Å². The maximum Gasteiger partial charge on any atom is 0.204 e. The zero-order chi connectivity index (χ0) is 20.4. The largest absolute Gasteiger partial charge is 0.497 e. The molecule has 1 saturated heterocycles. The van der Waals surface area contributed by atoms with Crippen LogP contribution in [-0.2, 0) is 16.6 Å². The van der Waals surface area contributed by atoms with Gasteiger partial charge in [-0.25, -0.2) is 0 Å². The molecule has 1 spiro atoms. The minimum absolute atomic E-state index is 0.312. The van der Waals surface area contributed by atoms with Crippen LogP contribution in [0.25, 0.3) is 0 Å². The number of hydrogen-bond acceptors (Lipinski definition) is 5. The van der Waals surface area contributed by atoms with Crippen molar-refractivity contribution in [1.29, 1.82) is 0 Å². The van der Waals surface area contributed by atoms with E-state index in [1.165, 1.54) is 16.7 Å². The lowest BCUT2D eigenvalue weighted by Crippen LogP contribution is -2.68. The first kappa shape index (κ1) is 19.0. The molecular formula is C24H31NO4. The van der Waals surface area contributed by atoms with E-state index in [1.807, 2.05) is 12.1 Å². The fourth-order valence-corrected chi connectivity index (χ4v) is 6.39.